The minimum Gasteiger partial charge on any atom is -0.322 e. The lowest BCUT2D eigenvalue weighted by atomic mass is 10.1. The van der Waals surface area contributed by atoms with Gasteiger partial charge in [0.1, 0.15) is 4.83 Å². The first kappa shape index (κ1) is 21.6. The van der Waals surface area contributed by atoms with Crippen LogP contribution in [0.2, 0.25) is 0 Å². The molecule has 0 aliphatic heterocycles. The van der Waals surface area contributed by atoms with Crippen LogP contribution >= 0.6 is 11.3 Å². The summed E-state index contributed by atoms with van der Waals surface area (Å²) in [6.07, 6.45) is -1.64. The first-order valence-corrected chi connectivity index (χ1v) is 11.3. The predicted octanol–water partition coefficient (Wildman–Crippen LogP) is 6.21. The molecule has 4 nitrogen and oxygen atoms in total. The van der Waals surface area contributed by atoms with Crippen LogP contribution in [0, 0.1) is 0 Å². The number of hydrogen-bond acceptors (Lipinski definition) is 4. The molecule has 0 bridgehead atoms. The van der Waals surface area contributed by atoms with Crippen molar-refractivity contribution in [3.63, 3.8) is 0 Å². The molecule has 33 heavy (non-hydrogen) atoms. The molecule has 1 saturated carbocycles. The predicted molar refractivity (Wildman–Crippen MR) is 123 cm³/mol. The van der Waals surface area contributed by atoms with E-state index in [-0.39, 0.29) is 5.56 Å². The summed E-state index contributed by atoms with van der Waals surface area (Å²) in [6, 6.07) is 18.5. The maximum absolute atomic E-state index is 12.9. The van der Waals surface area contributed by atoms with Crippen LogP contribution in [-0.2, 0) is 12.7 Å². The Morgan fingerprint density at radius 1 is 1.06 bits per heavy atom. The highest BCUT2D eigenvalue weighted by Crippen LogP contribution is 2.41. The summed E-state index contributed by atoms with van der Waals surface area (Å²) in [6.45, 7) is 0.799. The van der Waals surface area contributed by atoms with E-state index in [4.69, 9.17) is 0 Å². The second kappa shape index (κ2) is 8.61. The average molecular weight is 468 g/mol. The van der Waals surface area contributed by atoms with E-state index in [1.807, 2.05) is 18.2 Å². The number of hydrogen-bond donors (Lipinski definition) is 2. The van der Waals surface area contributed by atoms with Gasteiger partial charge in [0.25, 0.3) is 5.91 Å². The van der Waals surface area contributed by atoms with Gasteiger partial charge in [-0.05, 0) is 54.4 Å². The minimum atomic E-state index is -4.49. The number of nitrogens with one attached hydrogen (secondary N) is 2. The van der Waals surface area contributed by atoms with Crippen molar-refractivity contribution in [2.45, 2.75) is 31.1 Å². The van der Waals surface area contributed by atoms with Crippen LogP contribution in [0.4, 0.5) is 18.9 Å². The monoisotopic (exact) mass is 467 g/mol. The third kappa shape index (κ3) is 4.91. The number of halogens is 3. The molecule has 0 saturated heterocycles. The molecular formula is C25H20F3N3OS. The molecule has 2 aromatic carbocycles. The van der Waals surface area contributed by atoms with E-state index in [0.717, 1.165) is 35.3 Å². The number of benzene rings is 2. The molecule has 5 rings (SSSR count). The summed E-state index contributed by atoms with van der Waals surface area (Å²) in [5, 5.41) is 7.42. The number of anilines is 1. The first-order chi connectivity index (χ1) is 15.9. The fraction of sp³-hybridized carbons (Fsp3) is 0.200. The number of aromatic nitrogens is 1. The SMILES string of the molecule is O=C(Nc1ccc([C@@H]2C[C@H]2NCc2cc3cccnc3s2)cc1)c1cccc(C(F)(F)F)c1. The van der Waals surface area contributed by atoms with Crippen LogP contribution in [0.5, 0.6) is 0 Å². The molecule has 4 aromatic rings. The van der Waals surface area contributed by atoms with Crippen LogP contribution < -0.4 is 10.6 Å². The van der Waals surface area contributed by atoms with Crippen molar-refractivity contribution in [1.29, 1.82) is 0 Å². The van der Waals surface area contributed by atoms with Crippen molar-refractivity contribution in [2.24, 2.45) is 0 Å². The van der Waals surface area contributed by atoms with E-state index in [1.165, 1.54) is 22.6 Å². The van der Waals surface area contributed by atoms with Gasteiger partial charge < -0.3 is 10.6 Å². The fourth-order valence-corrected chi connectivity index (χ4v) is 4.84. The highest BCUT2D eigenvalue weighted by Gasteiger charge is 2.37. The van der Waals surface area contributed by atoms with Crippen molar-refractivity contribution >= 4 is 33.1 Å². The summed E-state index contributed by atoms with van der Waals surface area (Å²) >= 11 is 1.70. The molecule has 2 N–H and O–H groups in total. The second-order valence-electron chi connectivity index (χ2n) is 8.09. The lowest BCUT2D eigenvalue weighted by molar-refractivity contribution is -0.137. The zero-order valence-electron chi connectivity index (χ0n) is 17.4. The van der Waals surface area contributed by atoms with Gasteiger partial charge in [-0.25, -0.2) is 4.98 Å². The Balaban J connectivity index is 1.16. The van der Waals surface area contributed by atoms with Gasteiger partial charge in [0.2, 0.25) is 0 Å². The zero-order chi connectivity index (χ0) is 23.0. The van der Waals surface area contributed by atoms with Crippen molar-refractivity contribution in [3.8, 4) is 0 Å². The van der Waals surface area contributed by atoms with E-state index in [2.05, 4.69) is 27.8 Å². The standard InChI is InChI=1S/C25H20F3N3OS/c26-25(27,28)18-5-1-3-16(11-18)23(32)31-19-8-6-15(7-9-19)21-13-22(21)30-14-20-12-17-4-2-10-29-24(17)33-20/h1-12,21-22,30H,13-14H2,(H,31,32)/t21-,22+/m0/s1. The number of fused-ring (bicyclic) bond motifs is 1. The third-order valence-electron chi connectivity index (χ3n) is 5.72. The second-order valence-corrected chi connectivity index (χ2v) is 9.21. The molecule has 2 aromatic heterocycles. The van der Waals surface area contributed by atoms with Crippen LogP contribution in [-0.4, -0.2) is 16.9 Å². The number of carbonyl (C=O) groups excluding carboxylic acids is 1. The van der Waals surface area contributed by atoms with Gasteiger partial charge in [0.15, 0.2) is 0 Å². The summed E-state index contributed by atoms with van der Waals surface area (Å²) in [4.78, 5) is 19.0. The normalized spacial score (nSPS) is 17.8. The molecule has 0 spiro atoms. The van der Waals surface area contributed by atoms with Crippen molar-refractivity contribution in [1.82, 2.24) is 10.3 Å². The average Bonchev–Trinajstić information content (AvgIpc) is 3.46. The highest BCUT2D eigenvalue weighted by molar-refractivity contribution is 7.18. The topological polar surface area (TPSA) is 54.0 Å². The van der Waals surface area contributed by atoms with Crippen LogP contribution in [0.1, 0.15) is 38.7 Å². The number of thiophene rings is 1. The Hall–Kier alpha value is -3.23. The number of alkyl halides is 3. The maximum Gasteiger partial charge on any atom is 0.416 e. The van der Waals surface area contributed by atoms with E-state index in [9.17, 15) is 18.0 Å². The summed E-state index contributed by atoms with van der Waals surface area (Å²) in [7, 11) is 0. The Labute approximate surface area is 192 Å². The lowest BCUT2D eigenvalue weighted by Gasteiger charge is -2.10. The van der Waals surface area contributed by atoms with Gasteiger partial charge >= 0.3 is 6.18 Å². The van der Waals surface area contributed by atoms with Gasteiger partial charge in [0, 0.05) is 46.2 Å². The third-order valence-corrected chi connectivity index (χ3v) is 6.78. The Bertz CT molecular complexity index is 1270. The summed E-state index contributed by atoms with van der Waals surface area (Å²) in [5.41, 5.74) is 0.841. The summed E-state index contributed by atoms with van der Waals surface area (Å²) < 4.78 is 38.6. The van der Waals surface area contributed by atoms with Crippen molar-refractivity contribution in [3.05, 3.63) is 94.5 Å². The molecule has 168 valence electrons. The molecule has 1 aliphatic rings. The molecule has 1 aliphatic carbocycles. The number of carbonyl (C=O) groups is 1. The van der Waals surface area contributed by atoms with Crippen LogP contribution in [0.3, 0.4) is 0 Å². The highest BCUT2D eigenvalue weighted by atomic mass is 32.1. The van der Waals surface area contributed by atoms with E-state index < -0.39 is 17.6 Å². The Morgan fingerprint density at radius 3 is 2.64 bits per heavy atom. The number of pyridine rings is 1. The van der Waals surface area contributed by atoms with Gasteiger partial charge in [-0.2, -0.15) is 13.2 Å². The molecule has 1 fully saturated rings. The Kier molecular flexibility index (Phi) is 5.64. The van der Waals surface area contributed by atoms with Crippen molar-refractivity contribution < 1.29 is 18.0 Å². The van der Waals surface area contributed by atoms with E-state index in [1.54, 1.807) is 29.7 Å². The molecule has 2 atom stereocenters. The molecule has 1 amide bonds. The lowest BCUT2D eigenvalue weighted by Crippen LogP contribution is -2.16. The molecular weight excluding hydrogens is 447 g/mol. The van der Waals surface area contributed by atoms with Crippen LogP contribution in [0.25, 0.3) is 10.2 Å². The smallest absolute Gasteiger partial charge is 0.322 e. The quantitative estimate of drug-likeness (QED) is 0.354. The van der Waals surface area contributed by atoms with Gasteiger partial charge in [-0.3, -0.25) is 4.79 Å². The molecule has 2 heterocycles. The fourth-order valence-electron chi connectivity index (χ4n) is 3.89. The van der Waals surface area contributed by atoms with Gasteiger partial charge in [-0.15, -0.1) is 11.3 Å². The summed E-state index contributed by atoms with van der Waals surface area (Å²) in [5.74, 6) is -0.164. The maximum atomic E-state index is 12.9. The molecule has 0 unspecified atom stereocenters. The number of nitrogens with zero attached hydrogens (tertiary/aromatic N) is 1. The van der Waals surface area contributed by atoms with Gasteiger partial charge in [-0.1, -0.05) is 24.3 Å². The largest absolute Gasteiger partial charge is 0.416 e. The molecule has 8 heteroatoms. The van der Waals surface area contributed by atoms with Gasteiger partial charge in [0.05, 0.1) is 5.56 Å². The van der Waals surface area contributed by atoms with E-state index >= 15 is 0 Å². The van der Waals surface area contributed by atoms with E-state index in [0.29, 0.717) is 17.6 Å². The van der Waals surface area contributed by atoms with Crippen molar-refractivity contribution in [2.75, 3.05) is 5.32 Å². The van der Waals surface area contributed by atoms with Crippen LogP contribution in [0.15, 0.2) is 72.9 Å². The first-order valence-electron chi connectivity index (χ1n) is 10.5. The minimum absolute atomic E-state index is 0.0307. The molecule has 0 radical (unpaired) electrons. The zero-order valence-corrected chi connectivity index (χ0v) is 18.2. The number of amides is 1. The number of rotatable bonds is 6. The Morgan fingerprint density at radius 2 is 1.88 bits per heavy atom.